The number of nitrogens with one attached hydrogen (secondary N) is 1. The monoisotopic (exact) mass is 444 g/mol. The van der Waals surface area contributed by atoms with Crippen molar-refractivity contribution in [3.8, 4) is 23.3 Å². The van der Waals surface area contributed by atoms with E-state index in [9.17, 15) is 5.11 Å². The number of furan rings is 1. The molecule has 0 fully saturated rings. The number of aliphatic hydroxyl groups excluding tert-OH is 1. The molecule has 0 radical (unpaired) electrons. The van der Waals surface area contributed by atoms with Crippen LogP contribution in [0.2, 0.25) is 0 Å². The van der Waals surface area contributed by atoms with Crippen LogP contribution >= 0.6 is 0 Å². The topological polar surface area (TPSA) is 104 Å². The highest BCUT2D eigenvalue weighted by atomic mass is 16.5. The van der Waals surface area contributed by atoms with E-state index in [1.807, 2.05) is 58.0 Å². The van der Waals surface area contributed by atoms with Crippen molar-refractivity contribution in [3.05, 3.63) is 42.7 Å². The number of aromatic nitrogens is 3. The summed E-state index contributed by atoms with van der Waals surface area (Å²) in [4.78, 5) is 4.47. The van der Waals surface area contributed by atoms with E-state index in [2.05, 4.69) is 15.4 Å². The van der Waals surface area contributed by atoms with Gasteiger partial charge in [-0.1, -0.05) is 0 Å². The largest absolute Gasteiger partial charge is 0.461 e. The van der Waals surface area contributed by atoms with Crippen LogP contribution in [0.5, 0.6) is 6.01 Å². The number of anilines is 1. The van der Waals surface area contributed by atoms with E-state index in [-0.39, 0.29) is 18.2 Å². The number of rotatable bonds is 12. The van der Waals surface area contributed by atoms with Crippen LogP contribution in [0.15, 0.2) is 47.1 Å². The lowest BCUT2D eigenvalue weighted by atomic mass is 10.2. The molecule has 3 aromatic rings. The molecule has 0 bridgehead atoms. The van der Waals surface area contributed by atoms with Crippen LogP contribution in [0.3, 0.4) is 0 Å². The Hall–Kier alpha value is -2.88. The first-order chi connectivity index (χ1) is 15.4. The second kappa shape index (κ2) is 11.1. The normalized spacial score (nSPS) is 12.7. The first-order valence-electron chi connectivity index (χ1n) is 10.7. The van der Waals surface area contributed by atoms with Gasteiger partial charge in [0.1, 0.15) is 6.61 Å². The van der Waals surface area contributed by atoms with Gasteiger partial charge in [-0.05, 0) is 64.1 Å². The van der Waals surface area contributed by atoms with Crippen molar-refractivity contribution in [2.75, 3.05) is 38.3 Å². The fraction of sp³-hybridized carbons (Fsp3) is 0.478. The molecule has 9 nitrogen and oxygen atoms in total. The molecule has 0 aliphatic carbocycles. The smallest absolute Gasteiger partial charge is 0.336 e. The van der Waals surface area contributed by atoms with E-state index in [0.29, 0.717) is 38.0 Å². The lowest BCUT2D eigenvalue weighted by Crippen LogP contribution is -2.30. The molecule has 0 saturated carbocycles. The van der Waals surface area contributed by atoms with Crippen molar-refractivity contribution < 1.29 is 23.7 Å². The van der Waals surface area contributed by atoms with Crippen LogP contribution in [0.25, 0.3) is 17.3 Å². The molecule has 0 spiro atoms. The van der Waals surface area contributed by atoms with E-state index in [4.69, 9.17) is 18.6 Å². The molecule has 1 unspecified atom stereocenters. The third-order valence-corrected chi connectivity index (χ3v) is 4.35. The average Bonchev–Trinajstić information content (AvgIpc) is 3.43. The van der Waals surface area contributed by atoms with Crippen LogP contribution in [-0.4, -0.2) is 64.5 Å². The summed E-state index contributed by atoms with van der Waals surface area (Å²) >= 11 is 0. The summed E-state index contributed by atoms with van der Waals surface area (Å²) in [7, 11) is 0. The minimum absolute atomic E-state index is 0.250. The molecule has 9 heteroatoms. The average molecular weight is 445 g/mol. The first kappa shape index (κ1) is 23.8. The van der Waals surface area contributed by atoms with Crippen molar-refractivity contribution in [3.63, 3.8) is 0 Å². The Labute approximate surface area is 188 Å². The molecular formula is C23H32N4O5. The second-order valence-electron chi connectivity index (χ2n) is 8.16. The number of nitrogens with zero attached hydrogens (tertiary/aromatic N) is 3. The van der Waals surface area contributed by atoms with Crippen LogP contribution in [0.4, 0.5) is 5.69 Å². The minimum Gasteiger partial charge on any atom is -0.461 e. The van der Waals surface area contributed by atoms with Gasteiger partial charge in [0.15, 0.2) is 5.76 Å². The SMILES string of the molecule is CCOCCOc1nc(-c2ccco2)n(-c2ccc(NCC(O)COC(C)(C)C)cc2)n1. The Bertz CT molecular complexity index is 932. The van der Waals surface area contributed by atoms with Gasteiger partial charge in [-0.3, -0.25) is 0 Å². The summed E-state index contributed by atoms with van der Waals surface area (Å²) in [6.07, 6.45) is 0.984. The lowest BCUT2D eigenvalue weighted by molar-refractivity contribution is -0.0449. The van der Waals surface area contributed by atoms with Gasteiger partial charge < -0.3 is 29.1 Å². The molecule has 0 amide bonds. The van der Waals surface area contributed by atoms with Gasteiger partial charge in [-0.15, -0.1) is 5.10 Å². The zero-order valence-electron chi connectivity index (χ0n) is 19.1. The number of hydrogen-bond acceptors (Lipinski definition) is 8. The molecule has 3 rings (SSSR count). The van der Waals surface area contributed by atoms with Gasteiger partial charge in [0.25, 0.3) is 0 Å². The van der Waals surface area contributed by atoms with Crippen LogP contribution < -0.4 is 10.1 Å². The second-order valence-corrected chi connectivity index (χ2v) is 8.16. The molecule has 2 aromatic heterocycles. The lowest BCUT2D eigenvalue weighted by Gasteiger charge is -2.22. The van der Waals surface area contributed by atoms with Gasteiger partial charge >= 0.3 is 6.01 Å². The molecule has 2 N–H and O–H groups in total. The maximum atomic E-state index is 10.1. The molecule has 2 heterocycles. The van der Waals surface area contributed by atoms with Gasteiger partial charge in [0.05, 0.1) is 36.9 Å². The number of aliphatic hydroxyl groups is 1. The Kier molecular flexibility index (Phi) is 8.26. The molecule has 174 valence electrons. The van der Waals surface area contributed by atoms with Crippen molar-refractivity contribution in [2.45, 2.75) is 39.4 Å². The fourth-order valence-electron chi connectivity index (χ4n) is 2.80. The highest BCUT2D eigenvalue weighted by Gasteiger charge is 2.17. The number of ether oxygens (including phenoxy) is 3. The maximum Gasteiger partial charge on any atom is 0.336 e. The molecule has 0 aliphatic heterocycles. The van der Waals surface area contributed by atoms with Gasteiger partial charge in [0, 0.05) is 18.8 Å². The zero-order valence-corrected chi connectivity index (χ0v) is 19.1. The van der Waals surface area contributed by atoms with Crippen LogP contribution in [-0.2, 0) is 9.47 Å². The molecular weight excluding hydrogens is 412 g/mol. The summed E-state index contributed by atoms with van der Waals surface area (Å²) in [5, 5.41) is 17.8. The molecule has 1 atom stereocenters. The fourth-order valence-corrected chi connectivity index (χ4v) is 2.80. The van der Waals surface area contributed by atoms with Crippen molar-refractivity contribution in [1.82, 2.24) is 14.8 Å². The summed E-state index contributed by atoms with van der Waals surface area (Å²) in [6, 6.07) is 11.5. The molecule has 32 heavy (non-hydrogen) atoms. The number of benzene rings is 1. The van der Waals surface area contributed by atoms with E-state index in [1.165, 1.54) is 0 Å². The summed E-state index contributed by atoms with van der Waals surface area (Å²) in [6.45, 7) is 9.92. The molecule has 0 saturated heterocycles. The minimum atomic E-state index is -0.605. The van der Waals surface area contributed by atoms with Crippen LogP contribution in [0.1, 0.15) is 27.7 Å². The van der Waals surface area contributed by atoms with Crippen molar-refractivity contribution in [2.24, 2.45) is 0 Å². The number of hydrogen-bond donors (Lipinski definition) is 2. The Morgan fingerprint density at radius 2 is 1.94 bits per heavy atom. The van der Waals surface area contributed by atoms with E-state index in [0.717, 1.165) is 11.4 Å². The standard InChI is InChI=1S/C23H32N4O5/c1-5-29-13-14-31-22-25-21(20-7-6-12-30-20)27(26-22)18-10-8-17(9-11-18)24-15-19(28)16-32-23(2,3)4/h6-12,19,24,28H,5,13-16H2,1-4H3. The quantitative estimate of drug-likeness (QED) is 0.409. The van der Waals surface area contributed by atoms with Gasteiger partial charge in [0.2, 0.25) is 5.82 Å². The summed E-state index contributed by atoms with van der Waals surface area (Å²) in [5.74, 6) is 1.12. The zero-order chi connectivity index (χ0) is 23.0. The van der Waals surface area contributed by atoms with E-state index >= 15 is 0 Å². The van der Waals surface area contributed by atoms with E-state index < -0.39 is 6.10 Å². The van der Waals surface area contributed by atoms with Gasteiger partial charge in [-0.25, -0.2) is 4.68 Å². The Morgan fingerprint density at radius 3 is 2.59 bits per heavy atom. The maximum absolute atomic E-state index is 10.1. The third kappa shape index (κ3) is 7.08. The predicted octanol–water partition coefficient (Wildman–Crippen LogP) is 3.53. The predicted molar refractivity (Wildman–Crippen MR) is 121 cm³/mol. The summed E-state index contributed by atoms with van der Waals surface area (Å²) < 4.78 is 23.7. The highest BCUT2D eigenvalue weighted by molar-refractivity contribution is 5.54. The molecule has 1 aromatic carbocycles. The van der Waals surface area contributed by atoms with Gasteiger partial charge in [-0.2, -0.15) is 4.98 Å². The van der Waals surface area contributed by atoms with Crippen molar-refractivity contribution in [1.29, 1.82) is 0 Å². The molecule has 0 aliphatic rings. The Balaban J connectivity index is 1.67. The van der Waals surface area contributed by atoms with E-state index in [1.54, 1.807) is 17.0 Å². The third-order valence-electron chi connectivity index (χ3n) is 4.35. The summed E-state index contributed by atoms with van der Waals surface area (Å²) in [5.41, 5.74) is 1.39. The van der Waals surface area contributed by atoms with Crippen LogP contribution in [0, 0.1) is 0 Å². The Morgan fingerprint density at radius 1 is 1.16 bits per heavy atom. The first-order valence-corrected chi connectivity index (χ1v) is 10.7. The van der Waals surface area contributed by atoms with Crippen molar-refractivity contribution >= 4 is 5.69 Å². The highest BCUT2D eigenvalue weighted by Crippen LogP contribution is 2.24.